The van der Waals surface area contributed by atoms with E-state index >= 15 is 0 Å². The third kappa shape index (κ3) is 78.4. The Morgan fingerprint density at radius 3 is 0.490 bits per heavy atom. The molecular weight excluding hydrogens is 1340 g/mol. The van der Waals surface area contributed by atoms with E-state index in [2.05, 4.69) is 132 Å². The molecule has 0 aliphatic heterocycles. The third-order valence-corrected chi connectivity index (χ3v) is 33.5. The van der Waals surface area contributed by atoms with Crippen LogP contribution in [0.15, 0.2) is 0 Å². The van der Waals surface area contributed by atoms with E-state index < -0.39 is 48.0 Å². The molecule has 0 saturated heterocycles. The summed E-state index contributed by atoms with van der Waals surface area (Å²) in [6.45, 7) is 43.5. The van der Waals surface area contributed by atoms with Gasteiger partial charge in [-0.15, -0.1) is 0 Å². The van der Waals surface area contributed by atoms with Gasteiger partial charge in [-0.3, -0.25) is 0 Å². The summed E-state index contributed by atoms with van der Waals surface area (Å²) in [6, 6.07) is 0. The molecule has 0 unspecified atom stereocenters. The predicted molar refractivity (Wildman–Crippen MR) is 440 cm³/mol. The number of carbonyl (C=O) groups excluding carboxylic acids is 3. The molecule has 0 aromatic carbocycles. The molecule has 0 bridgehead atoms. The first-order chi connectivity index (χ1) is 45.4. The molecule has 0 heterocycles. The van der Waals surface area contributed by atoms with Gasteiger partial charge >= 0.3 is 72.4 Å². The molecule has 6 nitrogen and oxygen atoms in total. The summed E-state index contributed by atoms with van der Waals surface area (Å²) in [5, 5.41) is 35.0. The molecule has 0 spiro atoms. The molecule has 0 radical (unpaired) electrons. The van der Waals surface area contributed by atoms with E-state index in [1.807, 2.05) is 0 Å². The number of hydrogen-bond donors (Lipinski definition) is 0. The quantitative estimate of drug-likeness (QED) is 0.0442. The fourth-order valence-corrected chi connectivity index (χ4v) is 26.2. The van der Waals surface area contributed by atoms with E-state index in [4.69, 9.17) is 0 Å². The van der Waals surface area contributed by atoms with Crippen molar-refractivity contribution in [1.29, 1.82) is 0 Å². The molecule has 0 atom stereocenters. The molecule has 10 heteroatoms. The van der Waals surface area contributed by atoms with Gasteiger partial charge in [-0.25, -0.2) is 30.1 Å². The van der Waals surface area contributed by atoms with Crippen molar-refractivity contribution in [3.8, 4) is 0 Å². The van der Waals surface area contributed by atoms with Crippen LogP contribution in [0.1, 0.15) is 401 Å². The minimum absolute atomic E-state index is 0.353. The summed E-state index contributed by atoms with van der Waals surface area (Å²) in [5.41, 5.74) is 0. The molecule has 96 heavy (non-hydrogen) atoms. The molecule has 0 fully saturated rings. The van der Waals surface area contributed by atoms with Crippen molar-refractivity contribution in [2.75, 3.05) is 69.0 Å². The number of aliphatic carboxylic acids is 3. The van der Waals surface area contributed by atoms with Gasteiger partial charge in [-0.05, 0) is 163 Å². The minimum atomic E-state index is -1.06. The standard InChI is InChI=1S/3C26H54O2S.C8H17.Sn/c3*1-23(2)16-10-7-13-19-29(22-26(27)28,20-14-8-11-17-24(3)4)21-15-9-12-18-25(5)6;1-3-5-7-8-6-4-2;/h3*23-25H,7-22H2,1-6H3,(H,27,28);1,3-8H2,2H3;/q;;;;+3/p-3. The van der Waals surface area contributed by atoms with Gasteiger partial charge in [0.05, 0.1) is 0 Å². The number of carboxylic acid groups (broad SMARTS) is 3. The van der Waals surface area contributed by atoms with Gasteiger partial charge in [-0.2, -0.15) is 0 Å². The fraction of sp³-hybridized carbons (Fsp3) is 0.965. The van der Waals surface area contributed by atoms with Gasteiger partial charge in [0.25, 0.3) is 0 Å². The van der Waals surface area contributed by atoms with Crippen LogP contribution in [0.5, 0.6) is 0 Å². The van der Waals surface area contributed by atoms with Crippen molar-refractivity contribution in [2.45, 2.75) is 406 Å². The van der Waals surface area contributed by atoms with E-state index in [1.54, 1.807) is 22.5 Å². The first kappa shape index (κ1) is 103. The first-order valence-corrected chi connectivity index (χ1v) is 50.8. The third-order valence-electron chi connectivity index (χ3n) is 19.5. The van der Waals surface area contributed by atoms with Crippen LogP contribution in [0.25, 0.3) is 0 Å². The van der Waals surface area contributed by atoms with Gasteiger partial charge in [-0.1, -0.05) is 298 Å². The van der Waals surface area contributed by atoms with Crippen LogP contribution >= 0.6 is 30.1 Å². The van der Waals surface area contributed by atoms with Crippen LogP contribution in [0.4, 0.5) is 0 Å². The Kier molecular flexibility index (Phi) is 75.8. The molecular formula is C86H176O6S3Sn. The second-order valence-electron chi connectivity index (χ2n) is 34.3. The SMILES string of the molecule is CC(C)CCCCCS(CCCCCC(C)C)(CCCCCC(C)C)CC(=O)[O-].CC(C)CCCCCS(CCCCCC(C)C)(CCCCCC(C)C)CC(=O)[O-].CC(C)CCCCCS(CCCCCC(C)C)(CCCCCC(C)C)CC(=O)[O-].CCCCCCC[CH2][Sn+3]. The van der Waals surface area contributed by atoms with E-state index in [-0.39, 0.29) is 0 Å². The second-order valence-corrected chi connectivity index (χ2v) is 47.6. The zero-order valence-electron chi connectivity index (χ0n) is 68.8. The summed E-state index contributed by atoms with van der Waals surface area (Å²) in [7, 11) is -3.18. The zero-order chi connectivity index (χ0) is 73.3. The number of carboxylic acids is 3. The Labute approximate surface area is 623 Å². The van der Waals surface area contributed by atoms with Crippen LogP contribution in [-0.4, -0.2) is 109 Å². The van der Waals surface area contributed by atoms with Crippen molar-refractivity contribution in [3.63, 3.8) is 0 Å². The molecule has 0 aliphatic rings. The Morgan fingerprint density at radius 2 is 0.365 bits per heavy atom. The van der Waals surface area contributed by atoms with Crippen molar-refractivity contribution in [1.82, 2.24) is 0 Å². The van der Waals surface area contributed by atoms with Gasteiger partial charge in [0.1, 0.15) is 0 Å². The van der Waals surface area contributed by atoms with Gasteiger partial charge in [0, 0.05) is 35.2 Å². The average molecular weight is 1520 g/mol. The predicted octanol–water partition coefficient (Wildman–Crippen LogP) is 24.5. The van der Waals surface area contributed by atoms with Crippen LogP contribution in [-0.2, 0) is 14.4 Å². The van der Waals surface area contributed by atoms with E-state index in [0.29, 0.717) is 17.3 Å². The maximum atomic E-state index is 11.7. The van der Waals surface area contributed by atoms with Gasteiger partial charge in [0.2, 0.25) is 0 Å². The fourth-order valence-electron chi connectivity index (χ4n) is 13.5. The molecule has 0 aromatic rings. The average Bonchev–Trinajstić information content (AvgIpc) is 1.43. The zero-order valence-corrected chi connectivity index (χ0v) is 74.1. The van der Waals surface area contributed by atoms with Gasteiger partial charge < -0.3 is 29.7 Å². The van der Waals surface area contributed by atoms with Crippen molar-refractivity contribution in [3.05, 3.63) is 0 Å². The Hall–Kier alpha value is 0.259. The Balaban J connectivity index is -0.000000619. The van der Waals surface area contributed by atoms with Crippen LogP contribution in [0, 0.1) is 53.3 Å². The normalized spacial score (nSPS) is 12.7. The van der Waals surface area contributed by atoms with Crippen molar-refractivity contribution < 1.29 is 29.7 Å². The topological polar surface area (TPSA) is 120 Å². The summed E-state index contributed by atoms with van der Waals surface area (Å²) in [5.74, 6) is 16.1. The van der Waals surface area contributed by atoms with Gasteiger partial charge in [0.15, 0.2) is 0 Å². The summed E-state index contributed by atoms with van der Waals surface area (Å²) >= 11 is 1.71. The monoisotopic (exact) mass is 1520 g/mol. The Morgan fingerprint density at radius 1 is 0.229 bits per heavy atom. The van der Waals surface area contributed by atoms with Crippen LogP contribution < -0.4 is 15.3 Å². The number of hydrogen-bond acceptors (Lipinski definition) is 6. The van der Waals surface area contributed by atoms with E-state index in [9.17, 15) is 29.7 Å². The first-order valence-electron chi connectivity index (χ1n) is 41.9. The molecule has 0 aliphatic carbocycles. The van der Waals surface area contributed by atoms with E-state index in [0.717, 1.165) is 105 Å². The summed E-state index contributed by atoms with van der Waals surface area (Å²) in [6.07, 6.45) is 54.4. The molecule has 0 N–H and O–H groups in total. The molecule has 578 valence electrons. The molecule has 0 rings (SSSR count). The molecule has 0 amide bonds. The van der Waals surface area contributed by atoms with Crippen LogP contribution in [0.2, 0.25) is 4.44 Å². The Bertz CT molecular complexity index is 1330. The van der Waals surface area contributed by atoms with E-state index in [1.165, 1.54) is 274 Å². The summed E-state index contributed by atoms with van der Waals surface area (Å²) < 4.78 is 1.46. The molecule has 0 aromatic heterocycles. The number of carbonyl (C=O) groups is 3. The van der Waals surface area contributed by atoms with Crippen LogP contribution in [0.3, 0.4) is 0 Å². The number of rotatable bonds is 66. The summed E-state index contributed by atoms with van der Waals surface area (Å²) in [4.78, 5) is 35.0. The molecule has 0 saturated carbocycles. The van der Waals surface area contributed by atoms with Crippen molar-refractivity contribution >= 4 is 70.5 Å². The van der Waals surface area contributed by atoms with Crippen molar-refractivity contribution in [2.24, 2.45) is 53.3 Å². The second kappa shape index (κ2) is 70.9. The maximum absolute atomic E-state index is 11.7. The number of unbranched alkanes of at least 4 members (excludes halogenated alkanes) is 23.